The lowest BCUT2D eigenvalue weighted by molar-refractivity contribution is 0.192. The van der Waals surface area contributed by atoms with E-state index in [1.54, 1.807) is 12.4 Å². The second kappa shape index (κ2) is 7.59. The number of nitrogens with one attached hydrogen (secondary N) is 1. The Morgan fingerprint density at radius 2 is 1.96 bits per heavy atom. The standard InChI is InChI=1S/C16H26N6O/c1-2-20-7-4-14(13-20)12-19-16(23)22-10-8-21(9-11-22)15-17-5-3-6-18-15/h3,5-6,14H,2,4,7-13H2,1H3,(H,19,23)/t14-/m1/s1. The summed E-state index contributed by atoms with van der Waals surface area (Å²) in [6, 6.07) is 1.88. The van der Waals surface area contributed by atoms with Crippen LogP contribution in [0.3, 0.4) is 0 Å². The Bertz CT molecular complexity index is 503. The number of likely N-dealkylation sites (tertiary alicyclic amines) is 1. The summed E-state index contributed by atoms with van der Waals surface area (Å²) in [5, 5.41) is 3.10. The quantitative estimate of drug-likeness (QED) is 0.883. The smallest absolute Gasteiger partial charge is 0.317 e. The number of carbonyl (C=O) groups is 1. The minimum atomic E-state index is 0.0635. The molecule has 3 heterocycles. The van der Waals surface area contributed by atoms with Gasteiger partial charge in [0.2, 0.25) is 5.95 Å². The monoisotopic (exact) mass is 318 g/mol. The van der Waals surface area contributed by atoms with Crippen LogP contribution in [-0.4, -0.2) is 78.2 Å². The van der Waals surface area contributed by atoms with Gasteiger partial charge in [0.05, 0.1) is 0 Å². The van der Waals surface area contributed by atoms with Crippen LogP contribution in [0.2, 0.25) is 0 Å². The van der Waals surface area contributed by atoms with Crippen molar-refractivity contribution in [1.29, 1.82) is 0 Å². The second-order valence-electron chi connectivity index (χ2n) is 6.26. The van der Waals surface area contributed by atoms with Crippen LogP contribution in [0.1, 0.15) is 13.3 Å². The van der Waals surface area contributed by atoms with Crippen molar-refractivity contribution in [3.63, 3.8) is 0 Å². The Balaban J connectivity index is 1.40. The molecule has 3 rings (SSSR count). The van der Waals surface area contributed by atoms with Gasteiger partial charge < -0.3 is 20.0 Å². The maximum Gasteiger partial charge on any atom is 0.317 e. The zero-order valence-corrected chi connectivity index (χ0v) is 13.8. The Kier molecular flexibility index (Phi) is 5.27. The molecule has 7 heteroatoms. The molecule has 0 saturated carbocycles. The van der Waals surface area contributed by atoms with Gasteiger partial charge in [0.25, 0.3) is 0 Å². The zero-order valence-electron chi connectivity index (χ0n) is 13.8. The van der Waals surface area contributed by atoms with Crippen LogP contribution < -0.4 is 10.2 Å². The van der Waals surface area contributed by atoms with Crippen LogP contribution >= 0.6 is 0 Å². The van der Waals surface area contributed by atoms with E-state index < -0.39 is 0 Å². The van der Waals surface area contributed by atoms with Gasteiger partial charge in [-0.15, -0.1) is 0 Å². The molecule has 2 amide bonds. The molecule has 0 spiro atoms. The molecule has 2 saturated heterocycles. The highest BCUT2D eigenvalue weighted by Crippen LogP contribution is 2.15. The molecule has 23 heavy (non-hydrogen) atoms. The fourth-order valence-electron chi connectivity index (χ4n) is 3.27. The molecule has 2 aliphatic heterocycles. The van der Waals surface area contributed by atoms with Gasteiger partial charge in [-0.1, -0.05) is 6.92 Å². The third kappa shape index (κ3) is 4.10. The maximum atomic E-state index is 12.3. The Hall–Kier alpha value is -1.89. The van der Waals surface area contributed by atoms with Gasteiger partial charge >= 0.3 is 6.03 Å². The molecule has 7 nitrogen and oxygen atoms in total. The number of anilines is 1. The summed E-state index contributed by atoms with van der Waals surface area (Å²) in [4.78, 5) is 27.3. The van der Waals surface area contributed by atoms with Crippen LogP contribution in [-0.2, 0) is 0 Å². The molecule has 1 aromatic rings. The zero-order chi connectivity index (χ0) is 16.1. The molecule has 0 radical (unpaired) electrons. The van der Waals surface area contributed by atoms with E-state index >= 15 is 0 Å². The van der Waals surface area contributed by atoms with Crippen LogP contribution in [0.25, 0.3) is 0 Å². The molecule has 1 aromatic heterocycles. The molecule has 1 N–H and O–H groups in total. The molecule has 126 valence electrons. The van der Waals surface area contributed by atoms with Crippen molar-refractivity contribution in [3.8, 4) is 0 Å². The summed E-state index contributed by atoms with van der Waals surface area (Å²) in [6.45, 7) is 9.35. The van der Waals surface area contributed by atoms with E-state index in [0.29, 0.717) is 5.92 Å². The number of urea groups is 1. The number of carbonyl (C=O) groups excluding carboxylic acids is 1. The predicted octanol–water partition coefficient (Wildman–Crippen LogP) is 0.650. The number of hydrogen-bond acceptors (Lipinski definition) is 5. The number of aromatic nitrogens is 2. The summed E-state index contributed by atoms with van der Waals surface area (Å²) in [6.07, 6.45) is 4.69. The highest BCUT2D eigenvalue weighted by atomic mass is 16.2. The first-order valence-electron chi connectivity index (χ1n) is 8.53. The number of rotatable bonds is 4. The van der Waals surface area contributed by atoms with E-state index in [4.69, 9.17) is 0 Å². The van der Waals surface area contributed by atoms with Gasteiger partial charge in [-0.25, -0.2) is 14.8 Å². The highest BCUT2D eigenvalue weighted by Gasteiger charge is 2.25. The van der Waals surface area contributed by atoms with E-state index in [2.05, 4.69) is 32.0 Å². The average Bonchev–Trinajstić information content (AvgIpc) is 3.09. The third-order valence-electron chi connectivity index (χ3n) is 4.76. The summed E-state index contributed by atoms with van der Waals surface area (Å²) in [7, 11) is 0. The molecule has 2 fully saturated rings. The van der Waals surface area contributed by atoms with E-state index in [-0.39, 0.29) is 6.03 Å². The Morgan fingerprint density at radius 3 is 2.61 bits per heavy atom. The van der Waals surface area contributed by atoms with Crippen molar-refractivity contribution >= 4 is 12.0 Å². The van der Waals surface area contributed by atoms with E-state index in [9.17, 15) is 4.79 Å². The number of nitrogens with zero attached hydrogens (tertiary/aromatic N) is 5. The first-order chi connectivity index (χ1) is 11.3. The SMILES string of the molecule is CCN1CC[C@H](CNC(=O)N2CCN(c3ncccn3)CC2)C1. The molecular formula is C16H26N6O. The fourth-order valence-corrected chi connectivity index (χ4v) is 3.27. The molecule has 2 aliphatic rings. The number of piperazine rings is 1. The highest BCUT2D eigenvalue weighted by molar-refractivity contribution is 5.74. The van der Waals surface area contributed by atoms with E-state index in [1.807, 2.05) is 11.0 Å². The lowest BCUT2D eigenvalue weighted by atomic mass is 10.1. The number of hydrogen-bond donors (Lipinski definition) is 1. The molecule has 1 atom stereocenters. The first kappa shape index (κ1) is 16.0. The van der Waals surface area contributed by atoms with Gasteiger partial charge in [-0.3, -0.25) is 0 Å². The largest absolute Gasteiger partial charge is 0.338 e. The van der Waals surface area contributed by atoms with Gasteiger partial charge in [0.15, 0.2) is 0 Å². The van der Waals surface area contributed by atoms with Gasteiger partial charge in [-0.05, 0) is 31.5 Å². The molecule has 0 unspecified atom stereocenters. The summed E-state index contributed by atoms with van der Waals surface area (Å²) in [5.41, 5.74) is 0. The van der Waals surface area contributed by atoms with Gasteiger partial charge in [0.1, 0.15) is 0 Å². The second-order valence-corrected chi connectivity index (χ2v) is 6.26. The van der Waals surface area contributed by atoms with Gasteiger partial charge in [0, 0.05) is 51.7 Å². The van der Waals surface area contributed by atoms with Crippen molar-refractivity contribution in [2.45, 2.75) is 13.3 Å². The maximum absolute atomic E-state index is 12.3. The summed E-state index contributed by atoms with van der Waals surface area (Å²) in [5.74, 6) is 1.34. The predicted molar refractivity (Wildman–Crippen MR) is 89.4 cm³/mol. The lowest BCUT2D eigenvalue weighted by Gasteiger charge is -2.34. The van der Waals surface area contributed by atoms with Crippen LogP contribution in [0.5, 0.6) is 0 Å². The average molecular weight is 318 g/mol. The van der Waals surface area contributed by atoms with Crippen molar-refractivity contribution in [3.05, 3.63) is 18.5 Å². The van der Waals surface area contributed by atoms with Crippen LogP contribution in [0.15, 0.2) is 18.5 Å². The normalized spacial score (nSPS) is 22.4. The van der Waals surface area contributed by atoms with Crippen LogP contribution in [0.4, 0.5) is 10.7 Å². The Morgan fingerprint density at radius 1 is 1.22 bits per heavy atom. The van der Waals surface area contributed by atoms with Crippen LogP contribution in [0, 0.1) is 5.92 Å². The lowest BCUT2D eigenvalue weighted by Crippen LogP contribution is -2.52. The first-order valence-corrected chi connectivity index (χ1v) is 8.53. The molecule has 0 aliphatic carbocycles. The molecular weight excluding hydrogens is 292 g/mol. The van der Waals surface area contributed by atoms with Crippen molar-refractivity contribution in [1.82, 2.24) is 25.1 Å². The van der Waals surface area contributed by atoms with E-state index in [1.165, 1.54) is 6.42 Å². The van der Waals surface area contributed by atoms with E-state index in [0.717, 1.165) is 58.3 Å². The van der Waals surface area contributed by atoms with Crippen molar-refractivity contribution in [2.24, 2.45) is 5.92 Å². The molecule has 0 bridgehead atoms. The van der Waals surface area contributed by atoms with Crippen molar-refractivity contribution < 1.29 is 4.79 Å². The number of amides is 2. The minimum absolute atomic E-state index is 0.0635. The topological polar surface area (TPSA) is 64.6 Å². The van der Waals surface area contributed by atoms with Crippen molar-refractivity contribution in [2.75, 3.05) is 57.3 Å². The fraction of sp³-hybridized carbons (Fsp3) is 0.688. The summed E-state index contributed by atoms with van der Waals surface area (Å²) >= 11 is 0. The third-order valence-corrected chi connectivity index (χ3v) is 4.76. The Labute approximate surface area is 137 Å². The molecule has 0 aromatic carbocycles. The summed E-state index contributed by atoms with van der Waals surface area (Å²) < 4.78 is 0. The van der Waals surface area contributed by atoms with Gasteiger partial charge in [-0.2, -0.15) is 0 Å². The minimum Gasteiger partial charge on any atom is -0.338 e.